The molecule has 3 aromatic heterocycles. The van der Waals surface area contributed by atoms with Crippen LogP contribution in [0.3, 0.4) is 0 Å². The monoisotopic (exact) mass is 1300 g/mol. The number of rotatable bonds is 10. The molecular formula is C78H81N5OPt-2. The molecule has 3 heterocycles. The summed E-state index contributed by atoms with van der Waals surface area (Å²) in [6, 6.07) is 71.2. The molecule has 0 bridgehead atoms. The van der Waals surface area contributed by atoms with Gasteiger partial charge in [0.1, 0.15) is 5.82 Å². The molecule has 0 fully saturated rings. The molecule has 0 radical (unpaired) electrons. The largest absolute Gasteiger partial charge is 0.510 e. The predicted molar refractivity (Wildman–Crippen MR) is 349 cm³/mol. The Morgan fingerprint density at radius 2 is 0.976 bits per heavy atom. The summed E-state index contributed by atoms with van der Waals surface area (Å²) in [5, 5.41) is 7.95. The first-order chi connectivity index (χ1) is 39.5. The Morgan fingerprint density at radius 3 is 1.58 bits per heavy atom. The molecule has 0 amide bonds. The van der Waals surface area contributed by atoms with Crippen LogP contribution in [0.4, 0.5) is 0 Å². The molecule has 0 aliphatic heterocycles. The van der Waals surface area contributed by atoms with E-state index in [1.807, 2.05) is 16.9 Å². The van der Waals surface area contributed by atoms with E-state index in [9.17, 15) is 0 Å². The number of hydrogen-bond acceptors (Lipinski definition) is 3. The molecule has 11 rings (SSSR count). The van der Waals surface area contributed by atoms with Gasteiger partial charge in [0.25, 0.3) is 6.33 Å². The van der Waals surface area contributed by atoms with E-state index in [2.05, 4.69) is 315 Å². The third kappa shape index (κ3) is 12.1. The Hall–Kier alpha value is -7.66. The van der Waals surface area contributed by atoms with E-state index >= 15 is 0 Å². The molecule has 8 aromatic carbocycles. The molecule has 0 N–H and O–H groups in total. The summed E-state index contributed by atoms with van der Waals surface area (Å²) in [7, 11) is 0. The maximum atomic E-state index is 7.13. The summed E-state index contributed by atoms with van der Waals surface area (Å²) >= 11 is 0. The second-order valence-corrected chi connectivity index (χ2v) is 28.6. The molecule has 0 atom stereocenters. The molecule has 0 saturated carbocycles. The molecule has 436 valence electrons. The van der Waals surface area contributed by atoms with Crippen molar-refractivity contribution in [1.29, 1.82) is 0 Å². The zero-order valence-electron chi connectivity index (χ0n) is 52.8. The van der Waals surface area contributed by atoms with Gasteiger partial charge in [-0.05, 0) is 106 Å². The van der Waals surface area contributed by atoms with Crippen LogP contribution in [-0.2, 0) is 53.6 Å². The fourth-order valence-corrected chi connectivity index (χ4v) is 11.3. The maximum Gasteiger partial charge on any atom is 0.272 e. The van der Waals surface area contributed by atoms with E-state index in [0.717, 1.165) is 78.2 Å². The van der Waals surface area contributed by atoms with Gasteiger partial charge in [-0.1, -0.05) is 262 Å². The van der Waals surface area contributed by atoms with Crippen molar-refractivity contribution in [2.75, 3.05) is 0 Å². The second kappa shape index (κ2) is 22.3. The molecule has 0 aliphatic carbocycles. The number of aromatic nitrogens is 5. The summed E-state index contributed by atoms with van der Waals surface area (Å²) in [5.41, 5.74) is 16.4. The Kier molecular flexibility index (Phi) is 15.9. The Balaban J connectivity index is 0.00000803. The van der Waals surface area contributed by atoms with E-state index < -0.39 is 0 Å². The number of pyridine rings is 1. The third-order valence-corrected chi connectivity index (χ3v) is 16.8. The van der Waals surface area contributed by atoms with Gasteiger partial charge in [-0.2, -0.15) is 22.4 Å². The average Bonchev–Trinajstić information content (AvgIpc) is 1.91. The van der Waals surface area contributed by atoms with Crippen molar-refractivity contribution >= 4 is 21.8 Å². The average molecular weight is 1300 g/mol. The molecule has 85 heavy (non-hydrogen) atoms. The summed E-state index contributed by atoms with van der Waals surface area (Å²) in [6.07, 6.45) is 5.80. The minimum atomic E-state index is -0.296. The first kappa shape index (κ1) is 60.5. The van der Waals surface area contributed by atoms with Crippen LogP contribution in [0.15, 0.2) is 182 Å². The van der Waals surface area contributed by atoms with E-state index in [4.69, 9.17) is 14.8 Å². The van der Waals surface area contributed by atoms with Crippen molar-refractivity contribution in [3.63, 3.8) is 0 Å². The molecule has 7 heteroatoms. The van der Waals surface area contributed by atoms with Crippen molar-refractivity contribution in [1.82, 2.24) is 19.2 Å². The standard InChI is InChI=1S/C78H81N5O.Pt/c1-73(2,3)55-39-52(40-56(41-55)74(4,5)6)65-33-26-32-64(51-27-20-18-21-28-51)71(65)72-80-82(61-44-57(75(7,8)9)42-58(45-61)76(10,11)12)50-81(72)60-43-59(77(13,14)15)46-63(48-60)84-62-35-36-67-66-31-24-25-34-68(66)83(69(67)49-62)70-47-54(37-38-79-70)78(16,17)53-29-22-19-23-30-53;/h18-47H,1-17H3;/q-2;. The third-order valence-electron chi connectivity index (χ3n) is 16.8. The molecule has 0 spiro atoms. The van der Waals surface area contributed by atoms with E-state index in [1.165, 1.54) is 33.4 Å². The van der Waals surface area contributed by atoms with Gasteiger partial charge < -0.3 is 13.9 Å². The topological polar surface area (TPSA) is 48.8 Å². The quantitative estimate of drug-likeness (QED) is 0.101. The zero-order chi connectivity index (χ0) is 59.9. The number of nitrogens with zero attached hydrogens (tertiary/aromatic N) is 5. The van der Waals surface area contributed by atoms with Crippen molar-refractivity contribution in [3.8, 4) is 62.3 Å². The molecule has 0 aliphatic rings. The van der Waals surface area contributed by atoms with Gasteiger partial charge in [-0.15, -0.1) is 34.8 Å². The van der Waals surface area contributed by atoms with E-state index in [0.29, 0.717) is 11.5 Å². The Morgan fingerprint density at radius 1 is 0.435 bits per heavy atom. The van der Waals surface area contributed by atoms with Gasteiger partial charge in [-0.25, -0.2) is 4.98 Å². The van der Waals surface area contributed by atoms with Crippen LogP contribution in [0.1, 0.15) is 157 Å². The fourth-order valence-electron chi connectivity index (χ4n) is 11.3. The smallest absolute Gasteiger partial charge is 0.272 e. The van der Waals surface area contributed by atoms with Crippen LogP contribution in [0.25, 0.3) is 72.6 Å². The summed E-state index contributed by atoms with van der Waals surface area (Å²) in [6.45, 7) is 38.8. The van der Waals surface area contributed by atoms with Crippen LogP contribution in [0.2, 0.25) is 0 Å². The SMILES string of the molecule is CC(C)(C)c1cc(Oc2[c-]c3c(cc2)c2ccccc2n3-c2cc(C(C)(C)c3ccccc3)ccn2)[c-]c(-n2[c-][n+](-c3cc(C(C)(C)C)cc(C(C)(C)C)c3)nc2-c2c(-c3ccccc3)cccc2-c2cc(C(C)(C)C)cc(C(C)(C)C)c2)c1.[Pt]. The van der Waals surface area contributed by atoms with E-state index in [-0.39, 0.29) is 53.6 Å². The van der Waals surface area contributed by atoms with Gasteiger partial charge >= 0.3 is 0 Å². The first-order valence-electron chi connectivity index (χ1n) is 29.7. The molecular weight excluding hydrogens is 1220 g/mol. The van der Waals surface area contributed by atoms with Crippen LogP contribution in [0, 0.1) is 18.5 Å². The fraction of sp³-hybridized carbons (Fsp3) is 0.295. The Bertz CT molecular complexity index is 4200. The number of benzene rings is 8. The van der Waals surface area contributed by atoms with Crippen molar-refractivity contribution < 1.29 is 30.5 Å². The van der Waals surface area contributed by atoms with Crippen LogP contribution in [-0.4, -0.2) is 19.2 Å². The first-order valence-corrected chi connectivity index (χ1v) is 29.7. The molecule has 0 unspecified atom stereocenters. The van der Waals surface area contributed by atoms with Gasteiger partial charge in [0, 0.05) is 55.3 Å². The van der Waals surface area contributed by atoms with Gasteiger partial charge in [-0.3, -0.25) is 0 Å². The second-order valence-electron chi connectivity index (χ2n) is 28.6. The molecule has 11 aromatic rings. The van der Waals surface area contributed by atoms with Crippen molar-refractivity contribution in [2.24, 2.45) is 0 Å². The number of ether oxygens (including phenoxy) is 1. The van der Waals surface area contributed by atoms with E-state index in [1.54, 1.807) is 0 Å². The van der Waals surface area contributed by atoms with Gasteiger partial charge in [0.05, 0.1) is 5.69 Å². The van der Waals surface area contributed by atoms with Crippen LogP contribution >= 0.6 is 0 Å². The van der Waals surface area contributed by atoms with Crippen LogP contribution in [0.5, 0.6) is 11.5 Å². The number of hydrogen-bond donors (Lipinski definition) is 0. The minimum absolute atomic E-state index is 0. The summed E-state index contributed by atoms with van der Waals surface area (Å²) < 4.78 is 13.4. The predicted octanol–water partition coefficient (Wildman–Crippen LogP) is 19.6. The summed E-state index contributed by atoms with van der Waals surface area (Å²) in [5.74, 6) is 2.64. The van der Waals surface area contributed by atoms with Crippen LogP contribution < -0.4 is 9.42 Å². The maximum absolute atomic E-state index is 7.13. The van der Waals surface area contributed by atoms with Gasteiger partial charge in [0.2, 0.25) is 0 Å². The minimum Gasteiger partial charge on any atom is -0.510 e. The number of fused-ring (bicyclic) bond motifs is 3. The molecule has 0 saturated heterocycles. The Labute approximate surface area is 520 Å². The zero-order valence-corrected chi connectivity index (χ0v) is 55.1. The number of para-hydroxylation sites is 1. The van der Waals surface area contributed by atoms with Gasteiger partial charge in [0.15, 0.2) is 5.82 Å². The summed E-state index contributed by atoms with van der Waals surface area (Å²) in [4.78, 5) is 5.04. The normalized spacial score (nSPS) is 12.7. The molecule has 6 nitrogen and oxygen atoms in total. The van der Waals surface area contributed by atoms with Crippen molar-refractivity contribution in [3.05, 3.63) is 240 Å². The van der Waals surface area contributed by atoms with Crippen molar-refractivity contribution in [2.45, 2.75) is 150 Å².